The number of halogens is 1. The van der Waals surface area contributed by atoms with Crippen LogP contribution in [0.3, 0.4) is 0 Å². The van der Waals surface area contributed by atoms with E-state index in [2.05, 4.69) is 80.7 Å². The second kappa shape index (κ2) is 9.27. The first-order chi connectivity index (χ1) is 15.6. The normalized spacial score (nSPS) is 14.3. The lowest BCUT2D eigenvalue weighted by Gasteiger charge is -2.14. The van der Waals surface area contributed by atoms with Crippen molar-refractivity contribution >= 4 is 28.5 Å². The molecule has 0 amide bonds. The Hall–Kier alpha value is -2.96. The van der Waals surface area contributed by atoms with Gasteiger partial charge in [-0.25, -0.2) is 4.68 Å². The zero-order valence-corrected chi connectivity index (χ0v) is 19.0. The van der Waals surface area contributed by atoms with Crippen LogP contribution in [-0.4, -0.2) is 37.7 Å². The molecule has 2 aromatic heterocycles. The minimum Gasteiger partial charge on any atom is -0.365 e. The summed E-state index contributed by atoms with van der Waals surface area (Å²) in [5, 5.41) is 9.04. The Kier molecular flexibility index (Phi) is 6.06. The molecule has 1 aliphatic heterocycles. The number of aromatic nitrogens is 4. The predicted molar refractivity (Wildman–Crippen MR) is 129 cm³/mol. The van der Waals surface area contributed by atoms with Gasteiger partial charge in [-0.3, -0.25) is 4.90 Å². The number of aryl methyl sites for hydroxylation is 1. The predicted octanol–water partition coefficient (Wildman–Crippen LogP) is 5.04. The molecule has 7 heteroatoms. The van der Waals surface area contributed by atoms with Crippen molar-refractivity contribution in [3.63, 3.8) is 0 Å². The molecular weight excluding hydrogens is 420 g/mol. The van der Waals surface area contributed by atoms with Gasteiger partial charge in [0.25, 0.3) is 0 Å². The summed E-state index contributed by atoms with van der Waals surface area (Å²) in [4.78, 5) is 11.4. The summed E-state index contributed by atoms with van der Waals surface area (Å²) in [5.41, 5.74) is 5.70. The largest absolute Gasteiger partial charge is 0.365 e. The number of likely N-dealkylation sites (tertiary alicyclic amines) is 1. The van der Waals surface area contributed by atoms with Crippen LogP contribution in [0.25, 0.3) is 11.0 Å². The molecule has 1 saturated heterocycles. The average Bonchev–Trinajstić information content (AvgIpc) is 3.45. The van der Waals surface area contributed by atoms with Crippen molar-refractivity contribution in [1.82, 2.24) is 24.6 Å². The van der Waals surface area contributed by atoms with E-state index in [-0.39, 0.29) is 5.28 Å². The zero-order valence-electron chi connectivity index (χ0n) is 18.3. The number of benzene rings is 2. The van der Waals surface area contributed by atoms with Crippen molar-refractivity contribution in [2.75, 3.05) is 18.4 Å². The Morgan fingerprint density at radius 3 is 2.25 bits per heavy atom. The molecule has 4 aromatic rings. The lowest BCUT2D eigenvalue weighted by Crippen LogP contribution is -2.18. The summed E-state index contributed by atoms with van der Waals surface area (Å²) in [5.74, 6) is 0.702. The van der Waals surface area contributed by atoms with Gasteiger partial charge in [0, 0.05) is 13.1 Å². The number of anilines is 1. The van der Waals surface area contributed by atoms with E-state index in [1.165, 1.54) is 48.2 Å². The molecule has 5 rings (SSSR count). The quantitative estimate of drug-likeness (QED) is 0.403. The van der Waals surface area contributed by atoms with E-state index < -0.39 is 0 Å². The molecule has 32 heavy (non-hydrogen) atoms. The first-order valence-electron chi connectivity index (χ1n) is 11.1. The Bertz CT molecular complexity index is 1190. The first-order valence-corrected chi connectivity index (χ1v) is 11.5. The standard InChI is InChI=1S/C25H27ClN6/c1-18-4-6-19(7-5-18)14-27-23-22-15-28-32(24(22)30-25(26)29-23)17-21-10-8-20(9-11-21)16-31-12-2-3-13-31/h4-11,15H,2-3,12-14,16-17H2,1H3,(H,27,29,30). The molecule has 1 fully saturated rings. The van der Waals surface area contributed by atoms with Crippen LogP contribution in [0.2, 0.25) is 5.28 Å². The second-order valence-corrected chi connectivity index (χ2v) is 8.86. The van der Waals surface area contributed by atoms with E-state index in [0.717, 1.165) is 17.6 Å². The number of nitrogens with zero attached hydrogens (tertiary/aromatic N) is 5. The van der Waals surface area contributed by atoms with Crippen molar-refractivity contribution in [2.45, 2.75) is 39.4 Å². The number of nitrogens with one attached hydrogen (secondary N) is 1. The van der Waals surface area contributed by atoms with Gasteiger partial charge >= 0.3 is 0 Å². The topological polar surface area (TPSA) is 58.9 Å². The maximum atomic E-state index is 6.25. The van der Waals surface area contributed by atoms with Gasteiger partial charge in [0.2, 0.25) is 5.28 Å². The third-order valence-electron chi connectivity index (χ3n) is 6.01. The lowest BCUT2D eigenvalue weighted by atomic mass is 10.1. The molecule has 0 bridgehead atoms. The smallest absolute Gasteiger partial charge is 0.226 e. The number of hydrogen-bond donors (Lipinski definition) is 1. The van der Waals surface area contributed by atoms with E-state index in [9.17, 15) is 0 Å². The summed E-state index contributed by atoms with van der Waals surface area (Å²) in [6.45, 7) is 6.83. The molecule has 164 valence electrons. The molecule has 3 heterocycles. The molecule has 1 N–H and O–H groups in total. The van der Waals surface area contributed by atoms with Crippen LogP contribution in [0.5, 0.6) is 0 Å². The lowest BCUT2D eigenvalue weighted by molar-refractivity contribution is 0.331. The van der Waals surface area contributed by atoms with Crippen LogP contribution in [0, 0.1) is 6.92 Å². The van der Waals surface area contributed by atoms with Crippen molar-refractivity contribution in [3.8, 4) is 0 Å². The highest BCUT2D eigenvalue weighted by atomic mass is 35.5. The molecule has 0 saturated carbocycles. The molecule has 0 unspecified atom stereocenters. The average molecular weight is 447 g/mol. The van der Waals surface area contributed by atoms with E-state index in [4.69, 9.17) is 11.6 Å². The Balaban J connectivity index is 1.32. The van der Waals surface area contributed by atoms with E-state index in [1.54, 1.807) is 0 Å². The number of hydrogen-bond acceptors (Lipinski definition) is 5. The molecule has 0 radical (unpaired) electrons. The Labute approximate surface area is 193 Å². The van der Waals surface area contributed by atoms with Crippen LogP contribution < -0.4 is 5.32 Å². The summed E-state index contributed by atoms with van der Waals surface area (Å²) in [7, 11) is 0. The minimum absolute atomic E-state index is 0.214. The molecule has 2 aromatic carbocycles. The highest BCUT2D eigenvalue weighted by Gasteiger charge is 2.14. The van der Waals surface area contributed by atoms with Crippen molar-refractivity contribution in [1.29, 1.82) is 0 Å². The zero-order chi connectivity index (χ0) is 21.9. The molecular formula is C25H27ClN6. The van der Waals surface area contributed by atoms with Crippen LogP contribution in [0.4, 0.5) is 5.82 Å². The molecule has 0 atom stereocenters. The van der Waals surface area contributed by atoms with Gasteiger partial charge in [0.05, 0.1) is 18.1 Å². The highest BCUT2D eigenvalue weighted by molar-refractivity contribution is 6.28. The van der Waals surface area contributed by atoms with Gasteiger partial charge in [0.15, 0.2) is 5.65 Å². The van der Waals surface area contributed by atoms with Crippen molar-refractivity contribution < 1.29 is 0 Å². The fourth-order valence-electron chi connectivity index (χ4n) is 4.19. The van der Waals surface area contributed by atoms with E-state index in [0.29, 0.717) is 18.9 Å². The van der Waals surface area contributed by atoms with Crippen LogP contribution in [0.15, 0.2) is 54.7 Å². The van der Waals surface area contributed by atoms with E-state index in [1.807, 2.05) is 10.9 Å². The molecule has 6 nitrogen and oxygen atoms in total. The summed E-state index contributed by atoms with van der Waals surface area (Å²) < 4.78 is 1.88. The second-order valence-electron chi connectivity index (χ2n) is 8.52. The van der Waals surface area contributed by atoms with Crippen LogP contribution in [0.1, 0.15) is 35.1 Å². The SMILES string of the molecule is Cc1ccc(CNc2nc(Cl)nc3c2cnn3Cc2ccc(CN3CCCC3)cc2)cc1. The maximum absolute atomic E-state index is 6.25. The Morgan fingerprint density at radius 1 is 0.875 bits per heavy atom. The van der Waals surface area contributed by atoms with Gasteiger partial charge in [-0.1, -0.05) is 54.1 Å². The molecule has 0 aliphatic carbocycles. The summed E-state index contributed by atoms with van der Waals surface area (Å²) >= 11 is 6.25. The van der Waals surface area contributed by atoms with Crippen LogP contribution >= 0.6 is 11.6 Å². The number of fused-ring (bicyclic) bond motifs is 1. The fraction of sp³-hybridized carbons (Fsp3) is 0.320. The molecule has 1 aliphatic rings. The van der Waals surface area contributed by atoms with Crippen molar-refractivity contribution in [2.24, 2.45) is 0 Å². The maximum Gasteiger partial charge on any atom is 0.226 e. The van der Waals surface area contributed by atoms with Gasteiger partial charge in [-0.05, 0) is 61.1 Å². The van der Waals surface area contributed by atoms with Gasteiger partial charge in [0.1, 0.15) is 5.82 Å². The summed E-state index contributed by atoms with van der Waals surface area (Å²) in [6.07, 6.45) is 4.44. The van der Waals surface area contributed by atoms with Crippen molar-refractivity contribution in [3.05, 3.63) is 82.3 Å². The summed E-state index contributed by atoms with van der Waals surface area (Å²) in [6, 6.07) is 17.2. The van der Waals surface area contributed by atoms with Gasteiger partial charge < -0.3 is 5.32 Å². The Morgan fingerprint density at radius 2 is 1.53 bits per heavy atom. The minimum atomic E-state index is 0.214. The highest BCUT2D eigenvalue weighted by Crippen LogP contribution is 2.23. The third kappa shape index (κ3) is 4.76. The first kappa shape index (κ1) is 20.9. The van der Waals surface area contributed by atoms with E-state index >= 15 is 0 Å². The molecule has 0 spiro atoms. The van der Waals surface area contributed by atoms with Crippen LogP contribution in [-0.2, 0) is 19.6 Å². The fourth-order valence-corrected chi connectivity index (χ4v) is 4.36. The van der Waals surface area contributed by atoms with Gasteiger partial charge in [-0.2, -0.15) is 15.1 Å². The third-order valence-corrected chi connectivity index (χ3v) is 6.18. The van der Waals surface area contributed by atoms with Gasteiger partial charge in [-0.15, -0.1) is 0 Å². The number of rotatable bonds is 7. The monoisotopic (exact) mass is 446 g/mol.